The Morgan fingerprint density at radius 3 is 3.17 bits per heavy atom. The first-order valence-electron chi connectivity index (χ1n) is 6.53. The van der Waals surface area contributed by atoms with Gasteiger partial charge in [-0.2, -0.15) is 0 Å². The molecular formula is C13H19N5. The molecule has 0 aliphatic carbocycles. The predicted octanol–water partition coefficient (Wildman–Crippen LogP) is 0.764. The van der Waals surface area contributed by atoms with E-state index in [4.69, 9.17) is 0 Å². The second-order valence-corrected chi connectivity index (χ2v) is 4.83. The number of nitrogens with zero attached hydrogens (tertiary/aromatic N) is 4. The van der Waals surface area contributed by atoms with E-state index in [1.807, 2.05) is 18.5 Å². The van der Waals surface area contributed by atoms with Crippen LogP contribution in [0.25, 0.3) is 11.0 Å². The molecule has 0 atom stereocenters. The lowest BCUT2D eigenvalue weighted by Crippen LogP contribution is -2.28. The third-order valence-electron chi connectivity index (χ3n) is 3.57. The van der Waals surface area contributed by atoms with Crippen LogP contribution in [0.2, 0.25) is 0 Å². The van der Waals surface area contributed by atoms with Gasteiger partial charge in [-0.25, -0.2) is 4.98 Å². The van der Waals surface area contributed by atoms with Crippen LogP contribution in [-0.4, -0.2) is 45.6 Å². The van der Waals surface area contributed by atoms with Crippen molar-refractivity contribution in [3.8, 4) is 0 Å². The molecule has 0 amide bonds. The molecule has 1 aliphatic heterocycles. The van der Waals surface area contributed by atoms with Crippen molar-refractivity contribution in [3.05, 3.63) is 24.3 Å². The summed E-state index contributed by atoms with van der Waals surface area (Å²) in [6.07, 6.45) is 4.87. The molecule has 5 heteroatoms. The quantitative estimate of drug-likeness (QED) is 0.848. The van der Waals surface area contributed by atoms with Crippen LogP contribution in [0.1, 0.15) is 12.2 Å². The van der Waals surface area contributed by atoms with Crippen LogP contribution < -0.4 is 5.32 Å². The first-order chi connectivity index (χ1) is 8.84. The minimum Gasteiger partial charge on any atom is -0.330 e. The van der Waals surface area contributed by atoms with Gasteiger partial charge in [-0.05, 0) is 25.6 Å². The van der Waals surface area contributed by atoms with Crippen molar-refractivity contribution in [2.45, 2.75) is 13.0 Å². The highest BCUT2D eigenvalue weighted by Gasteiger charge is 2.13. The third kappa shape index (κ3) is 2.23. The lowest BCUT2D eigenvalue weighted by molar-refractivity contribution is 0.275. The molecule has 1 aliphatic rings. The monoisotopic (exact) mass is 245 g/mol. The van der Waals surface area contributed by atoms with Crippen LogP contribution >= 0.6 is 0 Å². The molecule has 96 valence electrons. The van der Waals surface area contributed by atoms with Crippen molar-refractivity contribution in [3.63, 3.8) is 0 Å². The van der Waals surface area contributed by atoms with Gasteiger partial charge in [0.25, 0.3) is 0 Å². The van der Waals surface area contributed by atoms with E-state index < -0.39 is 0 Å². The zero-order valence-corrected chi connectivity index (χ0v) is 10.8. The minimum absolute atomic E-state index is 0.923. The first kappa shape index (κ1) is 11.6. The lowest BCUT2D eigenvalue weighted by atomic mass is 10.4. The summed E-state index contributed by atoms with van der Waals surface area (Å²) >= 11 is 0. The van der Waals surface area contributed by atoms with Gasteiger partial charge in [-0.3, -0.25) is 9.88 Å². The van der Waals surface area contributed by atoms with Gasteiger partial charge in [-0.15, -0.1) is 0 Å². The molecule has 0 radical (unpaired) electrons. The fraction of sp³-hybridized carbons (Fsp3) is 0.538. The summed E-state index contributed by atoms with van der Waals surface area (Å²) in [7, 11) is 2.08. The number of hydrogen-bond donors (Lipinski definition) is 1. The number of pyridine rings is 1. The molecule has 2 aromatic rings. The van der Waals surface area contributed by atoms with E-state index in [1.165, 1.54) is 6.42 Å². The number of rotatable bonds is 2. The molecule has 0 spiro atoms. The molecule has 2 aromatic heterocycles. The number of fused-ring (bicyclic) bond motifs is 1. The van der Waals surface area contributed by atoms with Crippen molar-refractivity contribution in [1.82, 2.24) is 24.8 Å². The average Bonchev–Trinajstić information content (AvgIpc) is 2.58. The fourth-order valence-corrected chi connectivity index (χ4v) is 2.50. The molecule has 1 saturated heterocycles. The van der Waals surface area contributed by atoms with Gasteiger partial charge >= 0.3 is 0 Å². The number of aromatic nitrogens is 3. The Kier molecular flexibility index (Phi) is 3.25. The van der Waals surface area contributed by atoms with Gasteiger partial charge in [0.2, 0.25) is 0 Å². The summed E-state index contributed by atoms with van der Waals surface area (Å²) in [6.45, 7) is 5.37. The summed E-state index contributed by atoms with van der Waals surface area (Å²) < 4.78 is 2.18. The van der Waals surface area contributed by atoms with Crippen molar-refractivity contribution in [2.24, 2.45) is 7.05 Å². The summed E-state index contributed by atoms with van der Waals surface area (Å²) in [4.78, 5) is 11.3. The maximum absolute atomic E-state index is 4.68. The molecule has 5 nitrogen and oxygen atoms in total. The highest BCUT2D eigenvalue weighted by Crippen LogP contribution is 2.14. The van der Waals surface area contributed by atoms with Crippen molar-refractivity contribution >= 4 is 11.0 Å². The van der Waals surface area contributed by atoms with Gasteiger partial charge in [0.05, 0.1) is 18.3 Å². The second kappa shape index (κ2) is 5.04. The Bertz CT molecular complexity index is 525. The molecule has 1 N–H and O–H groups in total. The van der Waals surface area contributed by atoms with E-state index in [0.717, 1.165) is 49.6 Å². The Balaban J connectivity index is 1.83. The molecule has 18 heavy (non-hydrogen) atoms. The Morgan fingerprint density at radius 1 is 1.33 bits per heavy atom. The van der Waals surface area contributed by atoms with Crippen LogP contribution in [0, 0.1) is 0 Å². The van der Waals surface area contributed by atoms with Crippen molar-refractivity contribution in [1.29, 1.82) is 0 Å². The second-order valence-electron chi connectivity index (χ2n) is 4.83. The van der Waals surface area contributed by atoms with Crippen LogP contribution in [0.15, 0.2) is 18.5 Å². The molecule has 1 fully saturated rings. The molecule has 0 bridgehead atoms. The smallest absolute Gasteiger partial charge is 0.123 e. The summed E-state index contributed by atoms with van der Waals surface area (Å²) in [5.74, 6) is 1.12. The molecule has 3 rings (SSSR count). The van der Waals surface area contributed by atoms with Gasteiger partial charge in [0.15, 0.2) is 0 Å². The van der Waals surface area contributed by atoms with Crippen LogP contribution in [-0.2, 0) is 13.6 Å². The van der Waals surface area contributed by atoms with E-state index >= 15 is 0 Å². The third-order valence-corrected chi connectivity index (χ3v) is 3.57. The summed E-state index contributed by atoms with van der Waals surface area (Å²) in [5.41, 5.74) is 2.15. The maximum Gasteiger partial charge on any atom is 0.123 e. The Labute approximate surface area is 107 Å². The number of imidazole rings is 1. The van der Waals surface area contributed by atoms with Crippen LogP contribution in [0.3, 0.4) is 0 Å². The lowest BCUT2D eigenvalue weighted by Gasteiger charge is -2.18. The normalized spacial score (nSPS) is 18.1. The largest absolute Gasteiger partial charge is 0.330 e. The van der Waals surface area contributed by atoms with E-state index in [0.29, 0.717) is 0 Å². The standard InChI is InChI=1S/C13H19N5/c1-17-12-3-5-15-9-11(12)16-13(17)10-18-7-2-4-14-6-8-18/h3,5,9,14H,2,4,6-8,10H2,1H3. The molecule has 0 saturated carbocycles. The average molecular weight is 245 g/mol. The van der Waals surface area contributed by atoms with Crippen molar-refractivity contribution < 1.29 is 0 Å². The first-order valence-corrected chi connectivity index (χ1v) is 6.53. The maximum atomic E-state index is 4.68. The van der Waals surface area contributed by atoms with Crippen molar-refractivity contribution in [2.75, 3.05) is 26.2 Å². The van der Waals surface area contributed by atoms with Gasteiger partial charge in [-0.1, -0.05) is 0 Å². The zero-order valence-electron chi connectivity index (χ0n) is 10.8. The zero-order chi connectivity index (χ0) is 12.4. The van der Waals surface area contributed by atoms with Gasteiger partial charge in [0, 0.05) is 26.3 Å². The Hall–Kier alpha value is -1.46. The SMILES string of the molecule is Cn1c(CN2CCCNCC2)nc2cnccc21. The van der Waals surface area contributed by atoms with E-state index in [9.17, 15) is 0 Å². The number of aryl methyl sites for hydroxylation is 1. The topological polar surface area (TPSA) is 46.0 Å². The molecule has 0 unspecified atom stereocenters. The number of nitrogens with one attached hydrogen (secondary N) is 1. The fourth-order valence-electron chi connectivity index (χ4n) is 2.50. The van der Waals surface area contributed by atoms with E-state index in [-0.39, 0.29) is 0 Å². The van der Waals surface area contributed by atoms with Crippen LogP contribution in [0.5, 0.6) is 0 Å². The predicted molar refractivity (Wildman–Crippen MR) is 71.3 cm³/mol. The van der Waals surface area contributed by atoms with Gasteiger partial charge < -0.3 is 9.88 Å². The van der Waals surface area contributed by atoms with E-state index in [2.05, 4.69) is 31.8 Å². The summed E-state index contributed by atoms with van der Waals surface area (Å²) in [5, 5.41) is 3.43. The highest BCUT2D eigenvalue weighted by atomic mass is 15.2. The Morgan fingerprint density at radius 2 is 2.28 bits per heavy atom. The molecule has 0 aromatic carbocycles. The van der Waals surface area contributed by atoms with E-state index in [1.54, 1.807) is 0 Å². The number of hydrogen-bond acceptors (Lipinski definition) is 4. The molecule has 3 heterocycles. The van der Waals surface area contributed by atoms with Crippen LogP contribution in [0.4, 0.5) is 0 Å². The highest BCUT2D eigenvalue weighted by molar-refractivity contribution is 5.74. The minimum atomic E-state index is 0.923. The summed E-state index contributed by atoms with van der Waals surface area (Å²) in [6, 6.07) is 2.02. The molecular weight excluding hydrogens is 226 g/mol. The van der Waals surface area contributed by atoms with Gasteiger partial charge in [0.1, 0.15) is 11.3 Å².